The fourth-order valence-electron chi connectivity index (χ4n) is 1.33. The van der Waals surface area contributed by atoms with Crippen LogP contribution in [-0.4, -0.2) is 23.0 Å². The first kappa shape index (κ1) is 12.0. The Morgan fingerprint density at radius 3 is 2.07 bits per heavy atom. The first-order valence-corrected chi connectivity index (χ1v) is 6.37. The quantitative estimate of drug-likeness (QED) is 0.562. The van der Waals surface area contributed by atoms with Crippen LogP contribution in [-0.2, 0) is 13.3 Å². The average Bonchev–Trinajstić information content (AvgIpc) is 2.27. The molecule has 3 nitrogen and oxygen atoms in total. The Bertz CT molecular complexity index is 320. The molecule has 0 saturated carbocycles. The van der Waals surface area contributed by atoms with Gasteiger partial charge in [0.2, 0.25) is 0 Å². The van der Waals surface area contributed by atoms with E-state index in [2.05, 4.69) is 6.58 Å². The normalized spacial score (nSPS) is 11.1. The summed E-state index contributed by atoms with van der Waals surface area (Å²) in [5, 5.41) is 0.929. The molecule has 0 bridgehead atoms. The number of hydrogen-bond acceptors (Lipinski definition) is 3. The topological polar surface area (TPSA) is 27.7 Å². The largest absolute Gasteiger partial charge is 0.601 e. The van der Waals surface area contributed by atoms with Crippen LogP contribution < -0.4 is 5.19 Å². The summed E-state index contributed by atoms with van der Waals surface area (Å²) >= 11 is 0. The van der Waals surface area contributed by atoms with Gasteiger partial charge in [0, 0.05) is 19.4 Å². The van der Waals surface area contributed by atoms with Gasteiger partial charge < -0.3 is 13.3 Å². The second kappa shape index (κ2) is 5.11. The fraction of sp³-hybridized carbons (Fsp3) is 0.273. The molecule has 15 heavy (non-hydrogen) atoms. The van der Waals surface area contributed by atoms with Gasteiger partial charge in [0.1, 0.15) is 0 Å². The van der Waals surface area contributed by atoms with E-state index in [0.29, 0.717) is 5.76 Å². The molecule has 0 aliphatic carbocycles. The van der Waals surface area contributed by atoms with E-state index in [9.17, 15) is 0 Å². The summed E-state index contributed by atoms with van der Waals surface area (Å²) in [5.74, 6) is 0.592. The number of benzene rings is 1. The lowest BCUT2D eigenvalue weighted by atomic mass is 10.4. The summed E-state index contributed by atoms with van der Waals surface area (Å²) in [6.07, 6.45) is 0. The van der Waals surface area contributed by atoms with Crippen molar-refractivity contribution < 1.29 is 13.3 Å². The Labute approximate surface area is 91.7 Å². The minimum absolute atomic E-state index is 0.592. The van der Waals surface area contributed by atoms with Gasteiger partial charge in [-0.3, -0.25) is 0 Å². The summed E-state index contributed by atoms with van der Waals surface area (Å²) < 4.78 is 16.5. The molecule has 1 aromatic carbocycles. The van der Waals surface area contributed by atoms with Crippen LogP contribution in [0.4, 0.5) is 0 Å². The summed E-state index contributed by atoms with van der Waals surface area (Å²) in [6, 6.07) is 9.66. The molecule has 0 N–H and O–H groups in total. The van der Waals surface area contributed by atoms with Crippen LogP contribution in [0.25, 0.3) is 0 Å². The van der Waals surface area contributed by atoms with Crippen molar-refractivity contribution in [1.82, 2.24) is 0 Å². The summed E-state index contributed by atoms with van der Waals surface area (Å²) in [5.41, 5.74) is 0. The highest BCUT2D eigenvalue weighted by Crippen LogP contribution is 2.11. The monoisotopic (exact) mass is 224 g/mol. The van der Waals surface area contributed by atoms with Crippen molar-refractivity contribution in [2.45, 2.75) is 6.92 Å². The van der Waals surface area contributed by atoms with Crippen molar-refractivity contribution in [3.05, 3.63) is 42.7 Å². The highest BCUT2D eigenvalue weighted by molar-refractivity contribution is 6.75. The van der Waals surface area contributed by atoms with Gasteiger partial charge in [0.15, 0.2) is 0 Å². The molecule has 1 rings (SSSR count). The van der Waals surface area contributed by atoms with Gasteiger partial charge in [-0.15, -0.1) is 0 Å². The van der Waals surface area contributed by atoms with Crippen LogP contribution in [0.5, 0.6) is 0 Å². The van der Waals surface area contributed by atoms with Crippen LogP contribution in [0.15, 0.2) is 42.7 Å². The van der Waals surface area contributed by atoms with E-state index in [1.165, 1.54) is 0 Å². The summed E-state index contributed by atoms with van der Waals surface area (Å²) in [4.78, 5) is 0. The van der Waals surface area contributed by atoms with E-state index in [0.717, 1.165) is 5.19 Å². The van der Waals surface area contributed by atoms with Crippen molar-refractivity contribution in [2.75, 3.05) is 14.2 Å². The third kappa shape index (κ3) is 2.68. The fourth-order valence-corrected chi connectivity index (χ4v) is 3.31. The van der Waals surface area contributed by atoms with E-state index in [-0.39, 0.29) is 0 Å². The highest BCUT2D eigenvalue weighted by Gasteiger charge is 2.44. The number of allylic oxidation sites excluding steroid dienone is 1. The Kier molecular flexibility index (Phi) is 4.08. The van der Waals surface area contributed by atoms with Crippen molar-refractivity contribution in [3.8, 4) is 0 Å². The number of rotatable bonds is 5. The zero-order valence-corrected chi connectivity index (χ0v) is 10.3. The van der Waals surface area contributed by atoms with Crippen LogP contribution in [0.1, 0.15) is 6.92 Å². The molecule has 0 aromatic heterocycles. The maximum atomic E-state index is 5.62. The van der Waals surface area contributed by atoms with Crippen molar-refractivity contribution in [1.29, 1.82) is 0 Å². The molecule has 0 radical (unpaired) electrons. The minimum Gasteiger partial charge on any atom is -0.502 e. The molecule has 0 fully saturated rings. The molecular formula is C11H16O3Si. The van der Waals surface area contributed by atoms with Crippen LogP contribution in [0.2, 0.25) is 0 Å². The first-order chi connectivity index (χ1) is 7.14. The Hall–Kier alpha value is -1.10. The van der Waals surface area contributed by atoms with E-state index in [1.54, 1.807) is 21.1 Å². The molecule has 1 aromatic rings. The minimum atomic E-state index is -2.78. The van der Waals surface area contributed by atoms with Crippen molar-refractivity contribution >= 4 is 14.0 Å². The zero-order chi connectivity index (χ0) is 11.3. The third-order valence-corrected chi connectivity index (χ3v) is 4.71. The molecule has 0 unspecified atom stereocenters. The second-order valence-electron chi connectivity index (χ2n) is 3.13. The first-order valence-electron chi connectivity index (χ1n) is 4.65. The molecule has 0 spiro atoms. The smallest absolute Gasteiger partial charge is 0.502 e. The van der Waals surface area contributed by atoms with E-state index < -0.39 is 8.80 Å². The van der Waals surface area contributed by atoms with Crippen LogP contribution >= 0.6 is 0 Å². The summed E-state index contributed by atoms with van der Waals surface area (Å²) in [7, 11) is 0.396. The molecule has 0 heterocycles. The van der Waals surface area contributed by atoms with Crippen molar-refractivity contribution in [3.63, 3.8) is 0 Å². The van der Waals surface area contributed by atoms with E-state index in [1.807, 2.05) is 30.3 Å². The average molecular weight is 224 g/mol. The second-order valence-corrected chi connectivity index (χ2v) is 5.84. The summed E-state index contributed by atoms with van der Waals surface area (Å²) in [6.45, 7) is 5.49. The molecule has 82 valence electrons. The lowest BCUT2D eigenvalue weighted by molar-refractivity contribution is 0.147. The van der Waals surface area contributed by atoms with Gasteiger partial charge in [-0.2, -0.15) is 0 Å². The Morgan fingerprint density at radius 1 is 1.13 bits per heavy atom. The maximum absolute atomic E-state index is 5.62. The van der Waals surface area contributed by atoms with Crippen molar-refractivity contribution in [2.24, 2.45) is 0 Å². The van der Waals surface area contributed by atoms with Gasteiger partial charge >= 0.3 is 8.80 Å². The van der Waals surface area contributed by atoms with E-state index in [4.69, 9.17) is 13.3 Å². The molecule has 0 atom stereocenters. The number of hydrogen-bond donors (Lipinski definition) is 0. The molecule has 4 heteroatoms. The lowest BCUT2D eigenvalue weighted by Crippen LogP contribution is -2.54. The lowest BCUT2D eigenvalue weighted by Gasteiger charge is -2.26. The highest BCUT2D eigenvalue weighted by atomic mass is 28.4. The van der Waals surface area contributed by atoms with Crippen LogP contribution in [0.3, 0.4) is 0 Å². The molecule has 0 saturated heterocycles. The third-order valence-electron chi connectivity index (χ3n) is 1.97. The molecular weight excluding hydrogens is 208 g/mol. The maximum Gasteiger partial charge on any atom is 0.601 e. The molecule has 0 aliphatic rings. The molecule has 0 aliphatic heterocycles. The Morgan fingerprint density at radius 2 is 1.67 bits per heavy atom. The van der Waals surface area contributed by atoms with E-state index >= 15 is 0 Å². The zero-order valence-electron chi connectivity index (χ0n) is 9.32. The predicted octanol–water partition coefficient (Wildman–Crippen LogP) is 1.68. The van der Waals surface area contributed by atoms with Gasteiger partial charge in [-0.25, -0.2) is 0 Å². The van der Waals surface area contributed by atoms with Gasteiger partial charge in [-0.05, 0) is 6.92 Å². The van der Waals surface area contributed by atoms with Gasteiger partial charge in [0.05, 0.1) is 5.76 Å². The Balaban J connectivity index is 3.05. The standard InChI is InChI=1S/C11H16O3Si/c1-10(2)14-15(12-3,13-4)11-8-6-5-7-9-11/h5-9H,1H2,2-4H3. The predicted molar refractivity (Wildman–Crippen MR) is 61.7 cm³/mol. The van der Waals surface area contributed by atoms with Gasteiger partial charge in [-0.1, -0.05) is 36.9 Å². The van der Waals surface area contributed by atoms with Crippen LogP contribution in [0, 0.1) is 0 Å². The van der Waals surface area contributed by atoms with Gasteiger partial charge in [0.25, 0.3) is 0 Å². The SMILES string of the molecule is C=C(C)O[Si](OC)(OC)c1ccccc1. The molecule has 0 amide bonds.